The molecule has 0 fully saturated rings. The Labute approximate surface area is 107 Å². The first-order valence-corrected chi connectivity index (χ1v) is 6.03. The van der Waals surface area contributed by atoms with Crippen LogP contribution in [-0.4, -0.2) is 23.3 Å². The van der Waals surface area contributed by atoms with E-state index >= 15 is 0 Å². The minimum absolute atomic E-state index is 0.200. The highest BCUT2D eigenvalue weighted by Crippen LogP contribution is 2.33. The van der Waals surface area contributed by atoms with Crippen LogP contribution in [0.25, 0.3) is 0 Å². The number of rotatable bonds is 5. The molecule has 0 aromatic heterocycles. The number of carboxylic acid groups (broad SMARTS) is 1. The summed E-state index contributed by atoms with van der Waals surface area (Å²) in [5, 5.41) is 18.5. The molecule has 0 spiro atoms. The quantitative estimate of drug-likeness (QED) is 0.845. The summed E-state index contributed by atoms with van der Waals surface area (Å²) >= 11 is 0. The minimum Gasteiger partial charge on any atom is -0.496 e. The lowest BCUT2D eigenvalue weighted by atomic mass is 9.93. The van der Waals surface area contributed by atoms with Crippen LogP contribution in [0.4, 0.5) is 0 Å². The van der Waals surface area contributed by atoms with Gasteiger partial charge in [0.25, 0.3) is 0 Å². The monoisotopic (exact) mass is 252 g/mol. The van der Waals surface area contributed by atoms with Gasteiger partial charge in [0.1, 0.15) is 5.75 Å². The molecule has 0 bridgehead atoms. The topological polar surface area (TPSA) is 66.8 Å². The molecule has 4 heteroatoms. The van der Waals surface area contributed by atoms with Crippen LogP contribution in [0.3, 0.4) is 0 Å². The Morgan fingerprint density at radius 1 is 1.39 bits per heavy atom. The van der Waals surface area contributed by atoms with Crippen LogP contribution in [0.5, 0.6) is 5.75 Å². The van der Waals surface area contributed by atoms with Crippen molar-refractivity contribution >= 4 is 5.97 Å². The van der Waals surface area contributed by atoms with E-state index in [1.54, 1.807) is 19.2 Å². The van der Waals surface area contributed by atoms with Crippen molar-refractivity contribution in [3.8, 4) is 5.75 Å². The summed E-state index contributed by atoms with van der Waals surface area (Å²) in [7, 11) is 1.60. The van der Waals surface area contributed by atoms with E-state index in [2.05, 4.69) is 0 Å². The zero-order valence-corrected chi connectivity index (χ0v) is 11.2. The highest BCUT2D eigenvalue weighted by molar-refractivity contribution is 5.74. The van der Waals surface area contributed by atoms with Crippen molar-refractivity contribution in [3.63, 3.8) is 0 Å². The number of aryl methyl sites for hydroxylation is 1. The van der Waals surface area contributed by atoms with Crippen molar-refractivity contribution in [3.05, 3.63) is 28.8 Å². The third kappa shape index (κ3) is 2.82. The lowest BCUT2D eigenvalue weighted by molar-refractivity contribution is -0.146. The van der Waals surface area contributed by atoms with E-state index in [-0.39, 0.29) is 5.92 Å². The SMILES string of the molecule is CCc1cc(C(O)C(=O)O)cc(C(C)C)c1OC. The van der Waals surface area contributed by atoms with Crippen molar-refractivity contribution in [1.29, 1.82) is 0 Å². The number of aliphatic hydroxyl groups excluding tert-OH is 1. The Kier molecular flexibility index (Phi) is 4.73. The zero-order valence-electron chi connectivity index (χ0n) is 11.2. The van der Waals surface area contributed by atoms with Crippen molar-refractivity contribution in [2.45, 2.75) is 39.2 Å². The zero-order chi connectivity index (χ0) is 13.9. The van der Waals surface area contributed by atoms with Crippen LogP contribution in [0.1, 0.15) is 49.5 Å². The van der Waals surface area contributed by atoms with E-state index in [1.807, 2.05) is 20.8 Å². The van der Waals surface area contributed by atoms with E-state index in [1.165, 1.54) is 0 Å². The lowest BCUT2D eigenvalue weighted by Gasteiger charge is -2.18. The molecule has 0 radical (unpaired) electrons. The Bertz CT molecular complexity index is 438. The van der Waals surface area contributed by atoms with Crippen molar-refractivity contribution in [1.82, 2.24) is 0 Å². The van der Waals surface area contributed by atoms with E-state index in [0.717, 1.165) is 23.3 Å². The van der Waals surface area contributed by atoms with Crippen LogP contribution in [0.15, 0.2) is 12.1 Å². The fourth-order valence-corrected chi connectivity index (χ4v) is 1.98. The van der Waals surface area contributed by atoms with Gasteiger partial charge >= 0.3 is 5.97 Å². The summed E-state index contributed by atoms with van der Waals surface area (Å²) in [5.74, 6) is -0.253. The standard InChI is InChI=1S/C14H20O4/c1-5-9-6-10(12(15)14(16)17)7-11(8(2)3)13(9)18-4/h6-8,12,15H,5H2,1-4H3,(H,16,17). The van der Waals surface area contributed by atoms with Gasteiger partial charge in [0.15, 0.2) is 6.10 Å². The first-order valence-electron chi connectivity index (χ1n) is 6.03. The Morgan fingerprint density at radius 3 is 2.39 bits per heavy atom. The number of carbonyl (C=O) groups is 1. The molecule has 100 valence electrons. The van der Waals surface area contributed by atoms with Crippen LogP contribution in [-0.2, 0) is 11.2 Å². The van der Waals surface area contributed by atoms with Crippen LogP contribution >= 0.6 is 0 Å². The Hall–Kier alpha value is -1.55. The summed E-state index contributed by atoms with van der Waals surface area (Å²) in [4.78, 5) is 10.9. The molecule has 1 rings (SSSR count). The number of aliphatic hydroxyl groups is 1. The van der Waals surface area contributed by atoms with Crippen LogP contribution < -0.4 is 4.74 Å². The van der Waals surface area contributed by atoms with E-state index in [9.17, 15) is 9.90 Å². The Morgan fingerprint density at radius 2 is 2.00 bits per heavy atom. The number of hydrogen-bond donors (Lipinski definition) is 2. The van der Waals surface area contributed by atoms with E-state index < -0.39 is 12.1 Å². The molecule has 1 aromatic carbocycles. The third-order valence-electron chi connectivity index (χ3n) is 2.97. The predicted octanol–water partition coefficient (Wildman–Crippen LogP) is 2.50. The maximum atomic E-state index is 10.9. The summed E-state index contributed by atoms with van der Waals surface area (Å²) in [6.07, 6.45) is -0.762. The van der Waals surface area contributed by atoms with Gasteiger partial charge < -0.3 is 14.9 Å². The molecule has 0 saturated carbocycles. The van der Waals surface area contributed by atoms with Crippen LogP contribution in [0.2, 0.25) is 0 Å². The molecule has 18 heavy (non-hydrogen) atoms. The smallest absolute Gasteiger partial charge is 0.337 e. The number of hydrogen-bond acceptors (Lipinski definition) is 3. The third-order valence-corrected chi connectivity index (χ3v) is 2.97. The fraction of sp³-hybridized carbons (Fsp3) is 0.500. The second kappa shape index (κ2) is 5.87. The second-order valence-corrected chi connectivity index (χ2v) is 4.55. The molecule has 2 N–H and O–H groups in total. The van der Waals surface area contributed by atoms with Gasteiger partial charge in [-0.25, -0.2) is 4.79 Å². The first-order chi connectivity index (χ1) is 8.42. The molecule has 0 aliphatic heterocycles. The molecule has 4 nitrogen and oxygen atoms in total. The minimum atomic E-state index is -1.49. The molecule has 1 atom stereocenters. The number of benzene rings is 1. The average molecular weight is 252 g/mol. The van der Waals surface area contributed by atoms with E-state index in [4.69, 9.17) is 9.84 Å². The predicted molar refractivity (Wildman–Crippen MR) is 69.1 cm³/mol. The molecule has 0 saturated heterocycles. The molecular weight excluding hydrogens is 232 g/mol. The van der Waals surface area contributed by atoms with Gasteiger partial charge in [0.05, 0.1) is 7.11 Å². The Balaban J connectivity index is 3.40. The molecule has 1 unspecified atom stereocenters. The average Bonchev–Trinajstić information content (AvgIpc) is 2.35. The molecule has 0 aliphatic carbocycles. The number of methoxy groups -OCH3 is 1. The highest BCUT2D eigenvalue weighted by Gasteiger charge is 2.21. The maximum absolute atomic E-state index is 10.9. The molecule has 0 amide bonds. The summed E-state index contributed by atoms with van der Waals surface area (Å²) in [6, 6.07) is 3.41. The largest absolute Gasteiger partial charge is 0.496 e. The normalized spacial score (nSPS) is 12.6. The van der Waals surface area contributed by atoms with Gasteiger partial charge in [-0.3, -0.25) is 0 Å². The summed E-state index contributed by atoms with van der Waals surface area (Å²) < 4.78 is 5.39. The first kappa shape index (κ1) is 14.5. The molecule has 0 heterocycles. The van der Waals surface area contributed by atoms with Crippen molar-refractivity contribution < 1.29 is 19.7 Å². The lowest BCUT2D eigenvalue weighted by Crippen LogP contribution is -2.12. The highest BCUT2D eigenvalue weighted by atomic mass is 16.5. The number of carboxylic acids is 1. The van der Waals surface area contributed by atoms with Gasteiger partial charge in [0, 0.05) is 0 Å². The fourth-order valence-electron chi connectivity index (χ4n) is 1.98. The molecule has 0 aliphatic rings. The van der Waals surface area contributed by atoms with E-state index in [0.29, 0.717) is 5.56 Å². The van der Waals surface area contributed by atoms with Gasteiger partial charge in [-0.2, -0.15) is 0 Å². The number of ether oxygens (including phenoxy) is 1. The summed E-state index contributed by atoms with van der Waals surface area (Å²) in [6.45, 7) is 5.99. The van der Waals surface area contributed by atoms with Gasteiger partial charge in [-0.15, -0.1) is 0 Å². The van der Waals surface area contributed by atoms with Crippen molar-refractivity contribution in [2.75, 3.05) is 7.11 Å². The molecular formula is C14H20O4. The maximum Gasteiger partial charge on any atom is 0.337 e. The van der Waals surface area contributed by atoms with Gasteiger partial charge in [-0.05, 0) is 41.2 Å². The van der Waals surface area contributed by atoms with Gasteiger partial charge in [0.2, 0.25) is 0 Å². The number of aliphatic carboxylic acids is 1. The second-order valence-electron chi connectivity index (χ2n) is 4.55. The summed E-state index contributed by atoms with van der Waals surface area (Å²) in [5.41, 5.74) is 2.25. The van der Waals surface area contributed by atoms with Gasteiger partial charge in [-0.1, -0.05) is 20.8 Å². The van der Waals surface area contributed by atoms with Crippen molar-refractivity contribution in [2.24, 2.45) is 0 Å². The van der Waals surface area contributed by atoms with Crippen LogP contribution in [0, 0.1) is 0 Å². The molecule has 1 aromatic rings.